The Morgan fingerprint density at radius 2 is 1.82 bits per heavy atom. The fourth-order valence-electron chi connectivity index (χ4n) is 3.07. The van der Waals surface area contributed by atoms with E-state index in [0.29, 0.717) is 5.96 Å². The fourth-order valence-corrected chi connectivity index (χ4v) is 3.07. The van der Waals surface area contributed by atoms with E-state index in [9.17, 15) is 0 Å². The summed E-state index contributed by atoms with van der Waals surface area (Å²) < 4.78 is 0. The fraction of sp³-hybridized carbons (Fsp3) is 0.611. The summed E-state index contributed by atoms with van der Waals surface area (Å²) in [6.07, 6.45) is 5.77. The first-order valence-corrected chi connectivity index (χ1v) is 8.64. The van der Waals surface area contributed by atoms with Crippen LogP contribution in [-0.4, -0.2) is 37.0 Å². The van der Waals surface area contributed by atoms with E-state index in [-0.39, 0.29) is 0 Å². The van der Waals surface area contributed by atoms with Gasteiger partial charge in [0, 0.05) is 12.2 Å². The number of nitrogens with zero attached hydrogens (tertiary/aromatic N) is 2. The summed E-state index contributed by atoms with van der Waals surface area (Å²) in [6.45, 7) is 8.78. The summed E-state index contributed by atoms with van der Waals surface area (Å²) in [5, 5.41) is 3.32. The minimum Gasteiger partial charge on any atom is -0.370 e. The zero-order chi connectivity index (χ0) is 15.8. The molecule has 1 heterocycles. The van der Waals surface area contributed by atoms with Crippen LogP contribution in [0.25, 0.3) is 0 Å². The Labute approximate surface area is 134 Å². The van der Waals surface area contributed by atoms with E-state index in [0.717, 1.165) is 38.0 Å². The highest BCUT2D eigenvalue weighted by Gasteiger charge is 2.10. The van der Waals surface area contributed by atoms with Gasteiger partial charge in [0.15, 0.2) is 5.96 Å². The lowest BCUT2D eigenvalue weighted by Gasteiger charge is -2.15. The molecular formula is C18H30N4. The molecule has 4 heteroatoms. The Bertz CT molecular complexity index is 468. The number of nitrogens with two attached hydrogens (primary N) is 1. The minimum atomic E-state index is 0.539. The number of para-hydroxylation sites is 1. The van der Waals surface area contributed by atoms with E-state index in [1.54, 1.807) is 0 Å². The molecule has 4 nitrogen and oxygen atoms in total. The number of hydrogen-bond donors (Lipinski definition) is 2. The van der Waals surface area contributed by atoms with Crippen LogP contribution in [0.2, 0.25) is 0 Å². The average molecular weight is 302 g/mol. The molecule has 0 radical (unpaired) electrons. The Kier molecular flexibility index (Phi) is 6.72. The minimum absolute atomic E-state index is 0.539. The number of benzene rings is 1. The van der Waals surface area contributed by atoms with Crippen LogP contribution < -0.4 is 11.1 Å². The van der Waals surface area contributed by atoms with Gasteiger partial charge in [-0.15, -0.1) is 0 Å². The van der Waals surface area contributed by atoms with E-state index in [1.807, 2.05) is 0 Å². The highest BCUT2D eigenvalue weighted by atomic mass is 15.1. The number of aryl methyl sites for hydroxylation is 2. The predicted octanol–water partition coefficient (Wildman–Crippen LogP) is 3.02. The highest BCUT2D eigenvalue weighted by molar-refractivity contribution is 5.93. The molecule has 0 aromatic heterocycles. The molecule has 1 aliphatic heterocycles. The zero-order valence-electron chi connectivity index (χ0n) is 14.1. The monoisotopic (exact) mass is 302 g/mol. The maximum Gasteiger partial charge on any atom is 0.193 e. The van der Waals surface area contributed by atoms with Crippen molar-refractivity contribution in [2.75, 3.05) is 31.5 Å². The number of hydrogen-bond acceptors (Lipinski definition) is 2. The molecule has 3 N–H and O–H groups in total. The van der Waals surface area contributed by atoms with Gasteiger partial charge in [0.1, 0.15) is 0 Å². The first-order valence-electron chi connectivity index (χ1n) is 8.64. The van der Waals surface area contributed by atoms with Crippen LogP contribution in [0.3, 0.4) is 0 Å². The summed E-state index contributed by atoms with van der Waals surface area (Å²) >= 11 is 0. The molecule has 0 unspecified atom stereocenters. The van der Waals surface area contributed by atoms with Crippen molar-refractivity contribution in [3.05, 3.63) is 29.3 Å². The molecule has 1 aromatic carbocycles. The van der Waals surface area contributed by atoms with E-state index >= 15 is 0 Å². The van der Waals surface area contributed by atoms with Crippen molar-refractivity contribution in [2.45, 2.75) is 46.0 Å². The van der Waals surface area contributed by atoms with Gasteiger partial charge >= 0.3 is 0 Å². The van der Waals surface area contributed by atoms with Gasteiger partial charge in [-0.2, -0.15) is 0 Å². The van der Waals surface area contributed by atoms with Crippen molar-refractivity contribution in [3.63, 3.8) is 0 Å². The number of guanidine groups is 1. The first kappa shape index (κ1) is 16.8. The molecule has 0 bridgehead atoms. The third kappa shape index (κ3) is 4.73. The molecule has 0 amide bonds. The summed E-state index contributed by atoms with van der Waals surface area (Å²) in [5.41, 5.74) is 9.82. The lowest BCUT2D eigenvalue weighted by Crippen LogP contribution is -2.25. The molecule has 0 saturated carbocycles. The molecule has 0 spiro atoms. The van der Waals surface area contributed by atoms with Gasteiger partial charge < -0.3 is 16.0 Å². The molecular weight excluding hydrogens is 272 g/mol. The van der Waals surface area contributed by atoms with Crippen molar-refractivity contribution in [3.8, 4) is 0 Å². The zero-order valence-corrected chi connectivity index (χ0v) is 14.1. The standard InChI is InChI=1S/C18H30N4/c1-3-15-9-7-10-16(4-2)17(15)21-18(19)20-11-8-14-22-12-5-6-13-22/h7,9-10H,3-6,8,11-14H2,1-2H3,(H3,19,20,21). The van der Waals surface area contributed by atoms with Crippen LogP contribution >= 0.6 is 0 Å². The van der Waals surface area contributed by atoms with Crippen LogP contribution in [0.5, 0.6) is 0 Å². The molecule has 22 heavy (non-hydrogen) atoms. The van der Waals surface area contributed by atoms with E-state index in [2.05, 4.69) is 47.3 Å². The molecule has 0 aliphatic carbocycles. The Morgan fingerprint density at radius 3 is 2.41 bits per heavy atom. The van der Waals surface area contributed by atoms with Crippen molar-refractivity contribution < 1.29 is 0 Å². The maximum atomic E-state index is 6.07. The third-order valence-corrected chi connectivity index (χ3v) is 4.37. The van der Waals surface area contributed by atoms with Crippen LogP contribution in [0.15, 0.2) is 23.2 Å². The normalized spacial score (nSPS) is 16.2. The van der Waals surface area contributed by atoms with Crippen molar-refractivity contribution in [1.29, 1.82) is 0 Å². The quantitative estimate of drug-likeness (QED) is 0.462. The molecule has 1 saturated heterocycles. The lowest BCUT2D eigenvalue weighted by atomic mass is 10.0. The number of aliphatic imine (C=N–C) groups is 1. The second-order valence-corrected chi connectivity index (χ2v) is 5.95. The van der Waals surface area contributed by atoms with Gasteiger partial charge in [0.05, 0.1) is 0 Å². The number of nitrogens with one attached hydrogen (secondary N) is 1. The van der Waals surface area contributed by atoms with Gasteiger partial charge in [-0.3, -0.25) is 4.99 Å². The SMILES string of the molecule is CCc1cccc(CC)c1NC(N)=NCCCN1CCCC1. The number of likely N-dealkylation sites (tertiary alicyclic amines) is 1. The Balaban J connectivity index is 1.87. The largest absolute Gasteiger partial charge is 0.370 e. The number of rotatable bonds is 7. The lowest BCUT2D eigenvalue weighted by molar-refractivity contribution is 0.336. The van der Waals surface area contributed by atoms with E-state index in [4.69, 9.17) is 5.73 Å². The summed E-state index contributed by atoms with van der Waals surface area (Å²) in [6, 6.07) is 6.43. The summed E-state index contributed by atoms with van der Waals surface area (Å²) in [4.78, 5) is 7.00. The van der Waals surface area contributed by atoms with E-state index in [1.165, 1.54) is 37.1 Å². The third-order valence-electron chi connectivity index (χ3n) is 4.37. The van der Waals surface area contributed by atoms with Crippen molar-refractivity contribution in [1.82, 2.24) is 4.90 Å². The Hall–Kier alpha value is -1.55. The summed E-state index contributed by atoms with van der Waals surface area (Å²) in [7, 11) is 0. The first-order chi connectivity index (χ1) is 10.7. The second-order valence-electron chi connectivity index (χ2n) is 5.95. The highest BCUT2D eigenvalue weighted by Crippen LogP contribution is 2.22. The molecule has 122 valence electrons. The molecule has 1 aliphatic rings. The van der Waals surface area contributed by atoms with Crippen LogP contribution in [0.4, 0.5) is 5.69 Å². The number of anilines is 1. The van der Waals surface area contributed by atoms with Crippen LogP contribution in [0, 0.1) is 0 Å². The molecule has 2 rings (SSSR count). The van der Waals surface area contributed by atoms with Crippen LogP contribution in [0.1, 0.15) is 44.2 Å². The predicted molar refractivity (Wildman–Crippen MR) is 95.6 cm³/mol. The smallest absolute Gasteiger partial charge is 0.193 e. The molecule has 1 aromatic rings. The van der Waals surface area contributed by atoms with Gasteiger partial charge in [0.2, 0.25) is 0 Å². The topological polar surface area (TPSA) is 53.6 Å². The van der Waals surface area contributed by atoms with Gasteiger partial charge in [-0.1, -0.05) is 32.0 Å². The second kappa shape index (κ2) is 8.79. The van der Waals surface area contributed by atoms with Crippen molar-refractivity contribution >= 4 is 11.6 Å². The van der Waals surface area contributed by atoms with Gasteiger partial charge in [-0.05, 0) is 62.9 Å². The van der Waals surface area contributed by atoms with Gasteiger partial charge in [-0.25, -0.2) is 0 Å². The van der Waals surface area contributed by atoms with Crippen molar-refractivity contribution in [2.24, 2.45) is 10.7 Å². The molecule has 1 fully saturated rings. The molecule has 0 atom stereocenters. The average Bonchev–Trinajstić information content (AvgIpc) is 3.05. The Morgan fingerprint density at radius 1 is 1.18 bits per heavy atom. The summed E-state index contributed by atoms with van der Waals surface area (Å²) in [5.74, 6) is 0.539. The van der Waals surface area contributed by atoms with Crippen LogP contribution in [-0.2, 0) is 12.8 Å². The van der Waals surface area contributed by atoms with E-state index < -0.39 is 0 Å². The maximum absolute atomic E-state index is 6.07. The van der Waals surface area contributed by atoms with Gasteiger partial charge in [0.25, 0.3) is 0 Å².